The van der Waals surface area contributed by atoms with Crippen LogP contribution in [0.5, 0.6) is 0 Å². The van der Waals surface area contributed by atoms with Crippen molar-refractivity contribution in [3.05, 3.63) is 102 Å². The lowest BCUT2D eigenvalue weighted by Crippen LogP contribution is -2.26. The molecule has 0 unspecified atom stereocenters. The summed E-state index contributed by atoms with van der Waals surface area (Å²) in [4.78, 5) is 16.6. The molecule has 1 aliphatic heterocycles. The number of fused-ring (bicyclic) bond motifs is 2. The Balaban J connectivity index is 0.000000165. The Kier molecular flexibility index (Phi) is 5.61. The predicted octanol–water partition coefficient (Wildman–Crippen LogP) is 5.73. The number of halogens is 2. The smallest absolute Gasteiger partial charge is 0.267 e. The fraction of sp³-hybridized carbons (Fsp3) is 0.154. The van der Waals surface area contributed by atoms with E-state index in [-0.39, 0.29) is 11.1 Å². The summed E-state index contributed by atoms with van der Waals surface area (Å²) in [6, 6.07) is 22.8. The van der Waals surface area contributed by atoms with Crippen molar-refractivity contribution in [1.29, 1.82) is 0 Å². The first kappa shape index (κ1) is 21.4. The van der Waals surface area contributed by atoms with Crippen molar-refractivity contribution < 1.29 is 13.6 Å². The number of anilines is 2. The molecule has 0 fully saturated rings. The zero-order valence-corrected chi connectivity index (χ0v) is 17.8. The maximum Gasteiger partial charge on any atom is 0.267 e. The van der Waals surface area contributed by atoms with Gasteiger partial charge in [0.05, 0.1) is 5.52 Å². The van der Waals surface area contributed by atoms with Gasteiger partial charge in [-0.3, -0.25) is 4.79 Å². The minimum absolute atomic E-state index is 0.0422. The highest BCUT2D eigenvalue weighted by atomic mass is 19.1. The Labute approximate surface area is 185 Å². The number of primary amides is 1. The topological polar surface area (TPSA) is 59.2 Å². The molecule has 3 aromatic carbocycles. The lowest BCUT2D eigenvalue weighted by molar-refractivity contribution is 0.0996. The summed E-state index contributed by atoms with van der Waals surface area (Å²) in [6.45, 7) is 4.75. The summed E-state index contributed by atoms with van der Waals surface area (Å²) in [6.07, 6.45) is 0. The summed E-state index contributed by atoms with van der Waals surface area (Å²) in [5, 5.41) is 1.01. The van der Waals surface area contributed by atoms with Crippen LogP contribution in [0.3, 0.4) is 0 Å². The van der Waals surface area contributed by atoms with Crippen LogP contribution in [-0.2, 0) is 5.41 Å². The third-order valence-corrected chi connectivity index (χ3v) is 5.54. The lowest BCUT2D eigenvalue weighted by atomic mass is 9.87. The largest absolute Gasteiger partial charge is 0.364 e. The molecule has 0 bridgehead atoms. The van der Waals surface area contributed by atoms with Crippen LogP contribution < -0.4 is 10.6 Å². The molecule has 2 N–H and O–H groups in total. The van der Waals surface area contributed by atoms with Crippen molar-refractivity contribution in [2.75, 3.05) is 11.4 Å². The molecule has 4 aromatic rings. The molecular weight excluding hydrogens is 408 g/mol. The fourth-order valence-electron chi connectivity index (χ4n) is 4.00. The zero-order chi connectivity index (χ0) is 22.9. The van der Waals surface area contributed by atoms with Crippen molar-refractivity contribution in [2.24, 2.45) is 5.73 Å². The van der Waals surface area contributed by atoms with E-state index >= 15 is 0 Å². The van der Waals surface area contributed by atoms with E-state index in [1.807, 2.05) is 54.6 Å². The molecular formula is C26H23F2N3O. The van der Waals surface area contributed by atoms with Gasteiger partial charge < -0.3 is 10.6 Å². The first-order chi connectivity index (χ1) is 15.3. The van der Waals surface area contributed by atoms with E-state index in [1.54, 1.807) is 11.0 Å². The fourth-order valence-corrected chi connectivity index (χ4v) is 4.00. The van der Waals surface area contributed by atoms with Gasteiger partial charge in [-0.2, -0.15) is 0 Å². The van der Waals surface area contributed by atoms with Crippen LogP contribution in [0.4, 0.5) is 20.2 Å². The molecule has 1 aromatic heterocycles. The van der Waals surface area contributed by atoms with Crippen molar-refractivity contribution in [3.63, 3.8) is 0 Å². The molecule has 1 amide bonds. The van der Waals surface area contributed by atoms with E-state index in [2.05, 4.69) is 18.8 Å². The van der Waals surface area contributed by atoms with E-state index in [0.717, 1.165) is 22.2 Å². The number of carbonyl (C=O) groups is 1. The minimum Gasteiger partial charge on any atom is -0.364 e. The average molecular weight is 431 g/mol. The van der Waals surface area contributed by atoms with Gasteiger partial charge in [-0.25, -0.2) is 13.8 Å². The number of aromatic nitrogens is 1. The number of nitrogens with zero attached hydrogens (tertiary/aromatic N) is 2. The van der Waals surface area contributed by atoms with Crippen LogP contribution in [0, 0.1) is 11.6 Å². The van der Waals surface area contributed by atoms with Gasteiger partial charge in [-0.15, -0.1) is 0 Å². The Bertz CT molecular complexity index is 1280. The summed E-state index contributed by atoms with van der Waals surface area (Å²) < 4.78 is 27.9. The lowest BCUT2D eigenvalue weighted by Gasteiger charge is -2.23. The Morgan fingerprint density at radius 3 is 2.28 bits per heavy atom. The van der Waals surface area contributed by atoms with Crippen molar-refractivity contribution in [3.8, 4) is 0 Å². The maximum absolute atomic E-state index is 14.0. The van der Waals surface area contributed by atoms with Crippen LogP contribution in [0.15, 0.2) is 78.9 Å². The van der Waals surface area contributed by atoms with Gasteiger partial charge in [-0.05, 0) is 35.9 Å². The Morgan fingerprint density at radius 1 is 0.906 bits per heavy atom. The van der Waals surface area contributed by atoms with Crippen LogP contribution in [0.2, 0.25) is 0 Å². The van der Waals surface area contributed by atoms with Crippen LogP contribution >= 0.6 is 0 Å². The molecule has 0 saturated carbocycles. The van der Waals surface area contributed by atoms with E-state index in [4.69, 9.17) is 5.73 Å². The molecule has 0 spiro atoms. The van der Waals surface area contributed by atoms with Gasteiger partial charge in [0.2, 0.25) is 0 Å². The van der Waals surface area contributed by atoms with E-state index in [9.17, 15) is 13.6 Å². The normalized spacial score (nSPS) is 13.9. The second kappa shape index (κ2) is 8.38. The molecule has 1 aliphatic rings. The number of hydrogen-bond donors (Lipinski definition) is 1. The van der Waals surface area contributed by atoms with E-state index in [0.29, 0.717) is 12.2 Å². The second-order valence-corrected chi connectivity index (χ2v) is 8.31. The van der Waals surface area contributed by atoms with Crippen molar-refractivity contribution in [1.82, 2.24) is 4.98 Å². The summed E-state index contributed by atoms with van der Waals surface area (Å²) in [5.41, 5.74) is 8.13. The molecule has 0 saturated heterocycles. The summed E-state index contributed by atoms with van der Waals surface area (Å²) in [5.74, 6) is -1.54. The van der Waals surface area contributed by atoms with Crippen LogP contribution in [0.1, 0.15) is 29.9 Å². The first-order valence-corrected chi connectivity index (χ1v) is 10.2. The number of benzene rings is 3. The van der Waals surface area contributed by atoms with E-state index in [1.165, 1.54) is 18.2 Å². The van der Waals surface area contributed by atoms with E-state index < -0.39 is 17.5 Å². The number of rotatable bonds is 2. The van der Waals surface area contributed by atoms with Crippen molar-refractivity contribution in [2.45, 2.75) is 19.3 Å². The molecule has 6 heteroatoms. The molecule has 2 heterocycles. The van der Waals surface area contributed by atoms with Gasteiger partial charge in [-0.1, -0.05) is 62.4 Å². The van der Waals surface area contributed by atoms with Gasteiger partial charge in [0, 0.05) is 23.0 Å². The minimum atomic E-state index is -0.521. The van der Waals surface area contributed by atoms with Gasteiger partial charge in [0.25, 0.3) is 5.91 Å². The molecule has 32 heavy (non-hydrogen) atoms. The molecule has 162 valence electrons. The number of pyridine rings is 1. The maximum atomic E-state index is 14.0. The number of para-hydroxylation sites is 3. The number of hydrogen-bond acceptors (Lipinski definition) is 3. The monoisotopic (exact) mass is 431 g/mol. The summed E-state index contributed by atoms with van der Waals surface area (Å²) in [7, 11) is 0. The standard InChI is InChI=1S/C16H15F2N.C10H8N2O/c1-16(2)10-19(14-9-4-3-6-11(14)16)15-12(17)7-5-8-13(15)18;11-10(13)9-6-5-7-3-1-2-4-8(7)12-9/h3-9H,10H2,1-2H3;1-6H,(H2,11,13). The van der Waals surface area contributed by atoms with Gasteiger partial charge in [0.1, 0.15) is 23.0 Å². The quantitative estimate of drug-likeness (QED) is 0.441. The van der Waals surface area contributed by atoms with Crippen LogP contribution in [-0.4, -0.2) is 17.4 Å². The third kappa shape index (κ3) is 4.04. The highest BCUT2D eigenvalue weighted by molar-refractivity contribution is 5.93. The van der Waals surface area contributed by atoms with Gasteiger partial charge in [0.15, 0.2) is 0 Å². The molecule has 0 atom stereocenters. The number of carbonyl (C=O) groups excluding carboxylic acids is 1. The number of nitrogens with two attached hydrogens (primary N) is 1. The molecule has 5 rings (SSSR count). The average Bonchev–Trinajstić information content (AvgIpc) is 3.04. The Hall–Kier alpha value is -3.80. The van der Waals surface area contributed by atoms with Crippen molar-refractivity contribution >= 4 is 28.2 Å². The third-order valence-electron chi connectivity index (χ3n) is 5.54. The SMILES string of the molecule is CC1(C)CN(c2c(F)cccc2F)c2ccccc21.NC(=O)c1ccc2ccccc2n1. The molecule has 0 aliphatic carbocycles. The first-order valence-electron chi connectivity index (χ1n) is 10.2. The predicted molar refractivity (Wildman–Crippen MR) is 123 cm³/mol. The highest BCUT2D eigenvalue weighted by Crippen LogP contribution is 2.45. The molecule has 0 radical (unpaired) electrons. The second-order valence-electron chi connectivity index (χ2n) is 8.31. The number of amides is 1. The zero-order valence-electron chi connectivity index (χ0n) is 17.8. The molecule has 4 nitrogen and oxygen atoms in total. The Morgan fingerprint density at radius 2 is 1.56 bits per heavy atom. The highest BCUT2D eigenvalue weighted by Gasteiger charge is 2.37. The van der Waals surface area contributed by atoms with Crippen LogP contribution in [0.25, 0.3) is 10.9 Å². The van der Waals surface area contributed by atoms with Gasteiger partial charge >= 0.3 is 0 Å². The summed E-state index contributed by atoms with van der Waals surface area (Å²) >= 11 is 0.